The molecule has 0 fully saturated rings. The third-order valence-corrected chi connectivity index (χ3v) is 3.85. The first-order valence-corrected chi connectivity index (χ1v) is 7.47. The van der Waals surface area contributed by atoms with Gasteiger partial charge in [0.1, 0.15) is 5.82 Å². The lowest BCUT2D eigenvalue weighted by atomic mass is 9.99. The van der Waals surface area contributed by atoms with Crippen LogP contribution in [0.3, 0.4) is 0 Å². The first-order chi connectivity index (χ1) is 10.3. The minimum Gasteiger partial charge on any atom is -0.372 e. The maximum Gasteiger partial charge on any atom is 0.128 e. The van der Waals surface area contributed by atoms with Crippen LogP contribution in [0.25, 0.3) is 11.1 Å². The molecular formula is C18H20FNO. The Balaban J connectivity index is 1.81. The summed E-state index contributed by atoms with van der Waals surface area (Å²) in [6.07, 6.45) is 1.05. The van der Waals surface area contributed by atoms with Crippen molar-refractivity contribution in [1.82, 2.24) is 5.32 Å². The van der Waals surface area contributed by atoms with Gasteiger partial charge in [-0.2, -0.15) is 0 Å². The van der Waals surface area contributed by atoms with Crippen molar-refractivity contribution >= 4 is 0 Å². The van der Waals surface area contributed by atoms with Crippen LogP contribution >= 0.6 is 0 Å². The maximum absolute atomic E-state index is 14.2. The van der Waals surface area contributed by atoms with Gasteiger partial charge in [-0.15, -0.1) is 0 Å². The maximum atomic E-state index is 14.2. The Bertz CT molecular complexity index is 639. The highest BCUT2D eigenvalue weighted by molar-refractivity contribution is 5.65. The molecule has 1 aliphatic rings. The molecule has 0 radical (unpaired) electrons. The minimum atomic E-state index is -0.146. The smallest absolute Gasteiger partial charge is 0.128 e. The molecule has 2 aromatic carbocycles. The van der Waals surface area contributed by atoms with Crippen LogP contribution < -0.4 is 5.32 Å². The molecule has 2 nitrogen and oxygen atoms in total. The van der Waals surface area contributed by atoms with Gasteiger partial charge < -0.3 is 10.1 Å². The van der Waals surface area contributed by atoms with Gasteiger partial charge in [0.25, 0.3) is 0 Å². The third-order valence-electron chi connectivity index (χ3n) is 3.85. The van der Waals surface area contributed by atoms with Crippen molar-refractivity contribution in [2.75, 3.05) is 6.54 Å². The largest absolute Gasteiger partial charge is 0.372 e. The lowest BCUT2D eigenvalue weighted by Gasteiger charge is -2.08. The summed E-state index contributed by atoms with van der Waals surface area (Å²) in [6.45, 7) is 4.94. The van der Waals surface area contributed by atoms with Crippen molar-refractivity contribution in [1.29, 1.82) is 0 Å². The van der Waals surface area contributed by atoms with Crippen LogP contribution in [0.1, 0.15) is 30.0 Å². The van der Waals surface area contributed by atoms with Crippen LogP contribution in [0.4, 0.5) is 4.39 Å². The predicted molar refractivity (Wildman–Crippen MR) is 82.3 cm³/mol. The molecule has 1 N–H and O–H groups in total. The van der Waals surface area contributed by atoms with Crippen LogP contribution in [-0.2, 0) is 24.5 Å². The molecule has 0 unspecified atom stereocenters. The zero-order chi connectivity index (χ0) is 14.7. The second-order valence-corrected chi connectivity index (χ2v) is 5.46. The molecule has 0 bridgehead atoms. The average molecular weight is 285 g/mol. The molecule has 0 atom stereocenters. The Morgan fingerprint density at radius 2 is 1.81 bits per heavy atom. The molecule has 2 aromatic rings. The Labute approximate surface area is 125 Å². The van der Waals surface area contributed by atoms with E-state index in [9.17, 15) is 4.39 Å². The summed E-state index contributed by atoms with van der Waals surface area (Å²) in [5.41, 5.74) is 5.13. The van der Waals surface area contributed by atoms with E-state index < -0.39 is 0 Å². The number of fused-ring (bicyclic) bond motifs is 1. The van der Waals surface area contributed by atoms with Crippen LogP contribution in [0.5, 0.6) is 0 Å². The average Bonchev–Trinajstić information content (AvgIpc) is 2.96. The van der Waals surface area contributed by atoms with Gasteiger partial charge in [0.15, 0.2) is 0 Å². The van der Waals surface area contributed by atoms with Crippen LogP contribution in [-0.4, -0.2) is 6.54 Å². The Hall–Kier alpha value is -1.71. The molecule has 3 rings (SSSR count). The first kappa shape index (κ1) is 14.2. The van der Waals surface area contributed by atoms with Gasteiger partial charge in [-0.1, -0.05) is 31.2 Å². The molecule has 0 spiro atoms. The topological polar surface area (TPSA) is 21.3 Å². The van der Waals surface area contributed by atoms with Crippen LogP contribution in [0.2, 0.25) is 0 Å². The molecule has 1 heterocycles. The second kappa shape index (κ2) is 6.37. The van der Waals surface area contributed by atoms with E-state index in [2.05, 4.69) is 24.4 Å². The fourth-order valence-electron chi connectivity index (χ4n) is 2.62. The quantitative estimate of drug-likeness (QED) is 0.838. The third kappa shape index (κ3) is 3.14. The van der Waals surface area contributed by atoms with Gasteiger partial charge in [-0.05, 0) is 47.4 Å². The number of hydrogen-bond donors (Lipinski definition) is 1. The van der Waals surface area contributed by atoms with E-state index in [0.717, 1.165) is 29.7 Å². The minimum absolute atomic E-state index is 0.146. The molecule has 1 aliphatic heterocycles. The molecule has 21 heavy (non-hydrogen) atoms. The molecule has 3 heteroatoms. The zero-order valence-corrected chi connectivity index (χ0v) is 12.3. The van der Waals surface area contributed by atoms with Crippen LogP contribution in [0.15, 0.2) is 36.4 Å². The van der Waals surface area contributed by atoms with Crippen molar-refractivity contribution in [2.45, 2.75) is 33.1 Å². The highest BCUT2D eigenvalue weighted by Crippen LogP contribution is 2.28. The first-order valence-electron chi connectivity index (χ1n) is 7.47. The van der Waals surface area contributed by atoms with Crippen molar-refractivity contribution in [3.05, 3.63) is 58.9 Å². The van der Waals surface area contributed by atoms with E-state index in [4.69, 9.17) is 4.74 Å². The van der Waals surface area contributed by atoms with Gasteiger partial charge in [-0.25, -0.2) is 4.39 Å². The lowest BCUT2D eigenvalue weighted by molar-refractivity contribution is 0.134. The lowest BCUT2D eigenvalue weighted by Crippen LogP contribution is -2.14. The molecule has 0 aromatic heterocycles. The monoisotopic (exact) mass is 285 g/mol. The summed E-state index contributed by atoms with van der Waals surface area (Å²) in [5.74, 6) is -0.146. The number of halogens is 1. The molecule has 0 saturated heterocycles. The standard InChI is InChI=1S/C18H20FNO/c1-2-7-20-10-15-5-3-14(9-18(15)19)13-4-6-16-11-21-12-17(16)8-13/h3-6,8-9,20H,2,7,10-12H2,1H3. The van der Waals surface area contributed by atoms with Gasteiger partial charge in [-0.3, -0.25) is 0 Å². The van der Waals surface area contributed by atoms with Gasteiger partial charge in [0, 0.05) is 12.1 Å². The predicted octanol–water partition coefficient (Wildman–Crippen LogP) is 4.02. The number of rotatable bonds is 5. The SMILES string of the molecule is CCCNCc1ccc(-c2ccc3c(c2)COC3)cc1F. The van der Waals surface area contributed by atoms with Crippen molar-refractivity contribution < 1.29 is 9.13 Å². The van der Waals surface area contributed by atoms with E-state index in [1.54, 1.807) is 6.07 Å². The van der Waals surface area contributed by atoms with E-state index in [1.165, 1.54) is 11.1 Å². The van der Waals surface area contributed by atoms with Crippen molar-refractivity contribution in [3.8, 4) is 11.1 Å². The summed E-state index contributed by atoms with van der Waals surface area (Å²) < 4.78 is 19.6. The molecule has 0 aliphatic carbocycles. The second-order valence-electron chi connectivity index (χ2n) is 5.46. The summed E-state index contributed by atoms with van der Waals surface area (Å²) in [5, 5.41) is 3.23. The summed E-state index contributed by atoms with van der Waals surface area (Å²) in [7, 11) is 0. The fraction of sp³-hybridized carbons (Fsp3) is 0.333. The highest BCUT2D eigenvalue weighted by Gasteiger charge is 2.12. The number of benzene rings is 2. The van der Waals surface area contributed by atoms with E-state index in [-0.39, 0.29) is 5.82 Å². The van der Waals surface area contributed by atoms with Gasteiger partial charge in [0.05, 0.1) is 13.2 Å². The van der Waals surface area contributed by atoms with Gasteiger partial charge >= 0.3 is 0 Å². The zero-order valence-electron chi connectivity index (χ0n) is 12.3. The Kier molecular flexibility index (Phi) is 4.32. The van der Waals surface area contributed by atoms with E-state index in [0.29, 0.717) is 19.8 Å². The fourth-order valence-corrected chi connectivity index (χ4v) is 2.62. The van der Waals surface area contributed by atoms with Crippen molar-refractivity contribution in [2.24, 2.45) is 0 Å². The summed E-state index contributed by atoms with van der Waals surface area (Å²) >= 11 is 0. The molecular weight excluding hydrogens is 265 g/mol. The Morgan fingerprint density at radius 3 is 2.62 bits per heavy atom. The highest BCUT2D eigenvalue weighted by atomic mass is 19.1. The number of hydrogen-bond acceptors (Lipinski definition) is 2. The number of ether oxygens (including phenoxy) is 1. The van der Waals surface area contributed by atoms with E-state index in [1.807, 2.05) is 18.2 Å². The summed E-state index contributed by atoms with van der Waals surface area (Å²) in [6, 6.07) is 11.7. The normalized spacial score (nSPS) is 13.4. The van der Waals surface area contributed by atoms with Crippen molar-refractivity contribution in [3.63, 3.8) is 0 Å². The summed E-state index contributed by atoms with van der Waals surface area (Å²) in [4.78, 5) is 0. The molecule has 0 saturated carbocycles. The van der Waals surface area contributed by atoms with Gasteiger partial charge in [0.2, 0.25) is 0 Å². The van der Waals surface area contributed by atoms with Crippen LogP contribution in [0, 0.1) is 5.82 Å². The Morgan fingerprint density at radius 1 is 1.05 bits per heavy atom. The number of nitrogens with one attached hydrogen (secondary N) is 1. The van der Waals surface area contributed by atoms with E-state index >= 15 is 0 Å². The molecule has 0 amide bonds. The molecule has 110 valence electrons.